The minimum atomic E-state index is -3.90. The lowest BCUT2D eigenvalue weighted by atomic mass is 10.2. The largest absolute Gasteiger partial charge is 0.462 e. The van der Waals surface area contributed by atoms with Gasteiger partial charge in [-0.3, -0.25) is 18.7 Å². The summed E-state index contributed by atoms with van der Waals surface area (Å²) in [6, 6.07) is 8.40. The van der Waals surface area contributed by atoms with E-state index in [0.717, 1.165) is 0 Å². The van der Waals surface area contributed by atoms with Gasteiger partial charge in [-0.1, -0.05) is 18.2 Å². The van der Waals surface area contributed by atoms with Gasteiger partial charge in [-0.2, -0.15) is 0 Å². The molecule has 0 saturated carbocycles. The van der Waals surface area contributed by atoms with Gasteiger partial charge in [0.05, 0.1) is 19.3 Å². The van der Waals surface area contributed by atoms with Crippen LogP contribution in [0.3, 0.4) is 0 Å². The van der Waals surface area contributed by atoms with Gasteiger partial charge in [0.1, 0.15) is 0 Å². The lowest BCUT2D eigenvalue weighted by Crippen LogP contribution is -2.31. The van der Waals surface area contributed by atoms with Crippen LogP contribution in [-0.4, -0.2) is 30.1 Å². The van der Waals surface area contributed by atoms with Gasteiger partial charge in [-0.15, -0.1) is 4.83 Å². The first-order valence-corrected chi connectivity index (χ1v) is 8.20. The van der Waals surface area contributed by atoms with E-state index in [1.807, 2.05) is 0 Å². The second-order valence-corrected chi connectivity index (χ2v) is 6.63. The summed E-state index contributed by atoms with van der Waals surface area (Å²) < 4.78 is 23.6. The average molecular weight is 315 g/mol. The number of hydrogen-bond donors (Lipinski definition) is 0. The number of amides is 1. The van der Waals surface area contributed by atoms with Crippen molar-refractivity contribution in [1.82, 2.24) is 4.83 Å². The standard InChI is InChI=1S/C14H22NO5P/c1-11(2)19-21(17,20-12(3)4)15(18-5)14(16)13-9-7-6-8-10-13/h6-12H,1-5H3. The van der Waals surface area contributed by atoms with Crippen molar-refractivity contribution in [2.45, 2.75) is 39.9 Å². The lowest BCUT2D eigenvalue weighted by molar-refractivity contribution is -0.0621. The minimum absolute atomic E-state index is 0.333. The molecule has 1 aromatic carbocycles. The van der Waals surface area contributed by atoms with Crippen molar-refractivity contribution >= 4 is 13.7 Å². The average Bonchev–Trinajstić information content (AvgIpc) is 2.38. The third-order valence-corrected chi connectivity index (χ3v) is 4.44. The lowest BCUT2D eigenvalue weighted by Gasteiger charge is -2.30. The van der Waals surface area contributed by atoms with Crippen LogP contribution in [0.1, 0.15) is 38.1 Å². The van der Waals surface area contributed by atoms with Gasteiger partial charge >= 0.3 is 7.75 Å². The Morgan fingerprint density at radius 1 is 1.05 bits per heavy atom. The van der Waals surface area contributed by atoms with Gasteiger partial charge in [0.25, 0.3) is 5.91 Å². The third kappa shape index (κ3) is 4.93. The molecule has 0 atom stereocenters. The summed E-state index contributed by atoms with van der Waals surface area (Å²) in [4.78, 5) is 18.1. The SMILES string of the molecule is CON(C(=O)c1ccccc1)P(=O)(OC(C)C)OC(C)C. The molecule has 7 heteroatoms. The molecule has 0 fully saturated rings. The molecule has 1 aromatic rings. The Morgan fingerprint density at radius 3 is 1.90 bits per heavy atom. The summed E-state index contributed by atoms with van der Waals surface area (Å²) in [6.45, 7) is 6.82. The molecule has 0 aliphatic carbocycles. The first-order valence-electron chi connectivity index (χ1n) is 6.71. The first-order chi connectivity index (χ1) is 9.80. The Morgan fingerprint density at radius 2 is 1.52 bits per heavy atom. The van der Waals surface area contributed by atoms with Gasteiger partial charge in [-0.05, 0) is 39.8 Å². The normalized spacial score (nSPS) is 12.0. The van der Waals surface area contributed by atoms with E-state index in [4.69, 9.17) is 13.9 Å². The fourth-order valence-corrected chi connectivity index (χ4v) is 3.45. The van der Waals surface area contributed by atoms with E-state index < -0.39 is 25.9 Å². The highest BCUT2D eigenvalue weighted by atomic mass is 31.2. The Labute approximate surface area is 125 Å². The molecule has 1 rings (SSSR count). The zero-order valence-corrected chi connectivity index (χ0v) is 13.9. The number of carbonyl (C=O) groups is 1. The van der Waals surface area contributed by atoms with Crippen molar-refractivity contribution < 1.29 is 23.2 Å². The summed E-state index contributed by atoms with van der Waals surface area (Å²) in [6.07, 6.45) is -0.786. The van der Waals surface area contributed by atoms with Crippen LogP contribution in [0.5, 0.6) is 0 Å². The van der Waals surface area contributed by atoms with Crippen molar-refractivity contribution in [1.29, 1.82) is 0 Å². The van der Waals surface area contributed by atoms with Gasteiger partial charge in [-0.25, -0.2) is 4.57 Å². The molecule has 0 unspecified atom stereocenters. The Kier molecular flexibility index (Phi) is 6.55. The fraction of sp³-hybridized carbons (Fsp3) is 0.500. The molecule has 0 aliphatic rings. The van der Waals surface area contributed by atoms with Gasteiger partial charge in [0, 0.05) is 5.56 Å². The maximum atomic E-state index is 12.9. The molecule has 0 bridgehead atoms. The minimum Gasteiger partial charge on any atom is -0.288 e. The van der Waals surface area contributed by atoms with Gasteiger partial charge in [0.2, 0.25) is 0 Å². The Hall–Kier alpha value is -1.20. The highest BCUT2D eigenvalue weighted by molar-refractivity contribution is 7.51. The van der Waals surface area contributed by atoms with Crippen LogP contribution in [0, 0.1) is 0 Å². The van der Waals surface area contributed by atoms with Crippen LogP contribution in [0.15, 0.2) is 30.3 Å². The first kappa shape index (κ1) is 17.9. The van der Waals surface area contributed by atoms with Crippen molar-refractivity contribution in [3.63, 3.8) is 0 Å². The maximum absolute atomic E-state index is 12.9. The molecule has 0 aromatic heterocycles. The van der Waals surface area contributed by atoms with Crippen molar-refractivity contribution in [2.24, 2.45) is 0 Å². The highest BCUT2D eigenvalue weighted by Gasteiger charge is 2.41. The van der Waals surface area contributed by atoms with E-state index in [2.05, 4.69) is 0 Å². The number of benzene rings is 1. The topological polar surface area (TPSA) is 65.1 Å². The summed E-state index contributed by atoms with van der Waals surface area (Å²) in [5.41, 5.74) is 0.333. The van der Waals surface area contributed by atoms with Crippen LogP contribution in [0.2, 0.25) is 0 Å². The van der Waals surface area contributed by atoms with Crippen molar-refractivity contribution in [3.05, 3.63) is 35.9 Å². The number of nitrogens with zero attached hydrogens (tertiary/aromatic N) is 1. The molecule has 0 saturated heterocycles. The zero-order chi connectivity index (χ0) is 16.0. The number of hydrogen-bond acceptors (Lipinski definition) is 5. The van der Waals surface area contributed by atoms with E-state index in [9.17, 15) is 9.36 Å². The third-order valence-electron chi connectivity index (χ3n) is 2.28. The molecule has 6 nitrogen and oxygen atoms in total. The fourth-order valence-electron chi connectivity index (χ4n) is 1.63. The van der Waals surface area contributed by atoms with Crippen LogP contribution in [0.25, 0.3) is 0 Å². The summed E-state index contributed by atoms with van der Waals surface area (Å²) in [5, 5.41) is 0. The molecule has 118 valence electrons. The summed E-state index contributed by atoms with van der Waals surface area (Å²) in [7, 11) is -2.65. The zero-order valence-electron chi connectivity index (χ0n) is 13.0. The number of rotatable bonds is 7. The maximum Gasteiger partial charge on any atom is 0.462 e. The molecule has 21 heavy (non-hydrogen) atoms. The molecular weight excluding hydrogens is 293 g/mol. The number of carbonyl (C=O) groups excluding carboxylic acids is 1. The van der Waals surface area contributed by atoms with E-state index in [0.29, 0.717) is 10.4 Å². The predicted molar refractivity (Wildman–Crippen MR) is 79.7 cm³/mol. The summed E-state index contributed by atoms with van der Waals surface area (Å²) >= 11 is 0. The van der Waals surface area contributed by atoms with E-state index in [1.165, 1.54) is 7.11 Å². The molecule has 0 heterocycles. The van der Waals surface area contributed by atoms with Crippen molar-refractivity contribution in [2.75, 3.05) is 7.11 Å². The molecule has 0 spiro atoms. The van der Waals surface area contributed by atoms with E-state index >= 15 is 0 Å². The van der Waals surface area contributed by atoms with Crippen LogP contribution < -0.4 is 0 Å². The molecule has 0 aliphatic heterocycles. The summed E-state index contributed by atoms with van der Waals surface area (Å²) in [5.74, 6) is -0.581. The monoisotopic (exact) mass is 315 g/mol. The Bertz CT molecular complexity index is 489. The van der Waals surface area contributed by atoms with Gasteiger partial charge in [0.15, 0.2) is 0 Å². The highest BCUT2D eigenvalue weighted by Crippen LogP contribution is 2.54. The quantitative estimate of drug-likeness (QED) is 0.567. The second-order valence-electron chi connectivity index (χ2n) is 4.90. The van der Waals surface area contributed by atoms with Crippen LogP contribution in [0.4, 0.5) is 0 Å². The predicted octanol–water partition coefficient (Wildman–Crippen LogP) is 3.65. The van der Waals surface area contributed by atoms with Crippen LogP contribution >= 0.6 is 7.75 Å². The van der Waals surface area contributed by atoms with Crippen molar-refractivity contribution in [3.8, 4) is 0 Å². The smallest absolute Gasteiger partial charge is 0.288 e. The van der Waals surface area contributed by atoms with Gasteiger partial charge < -0.3 is 0 Å². The van der Waals surface area contributed by atoms with Crippen LogP contribution in [-0.2, 0) is 18.5 Å². The molecular formula is C14H22NO5P. The molecule has 0 radical (unpaired) electrons. The number of hydroxylamine groups is 1. The second kappa shape index (κ2) is 7.71. The molecule has 1 amide bonds. The van der Waals surface area contributed by atoms with E-state index in [-0.39, 0.29) is 0 Å². The van der Waals surface area contributed by atoms with E-state index in [1.54, 1.807) is 58.0 Å². The Balaban J connectivity index is 3.12. The molecule has 0 N–H and O–H groups in total.